The number of unbranched alkanes of at least 4 members (excludes halogenated alkanes) is 23. The lowest BCUT2D eigenvalue weighted by Gasteiger charge is -2.24. The molecular formula is C50H91NO5. The van der Waals surface area contributed by atoms with E-state index in [1.54, 1.807) is 0 Å². The van der Waals surface area contributed by atoms with Gasteiger partial charge in [-0.25, -0.2) is 0 Å². The van der Waals surface area contributed by atoms with Crippen LogP contribution in [0.1, 0.15) is 233 Å². The number of hydrogen-bond donors (Lipinski definition) is 3. The third kappa shape index (κ3) is 38.7. The number of rotatable bonds is 42. The average molecular weight is 786 g/mol. The zero-order valence-corrected chi connectivity index (χ0v) is 37.0. The van der Waals surface area contributed by atoms with E-state index in [0.717, 1.165) is 57.8 Å². The summed E-state index contributed by atoms with van der Waals surface area (Å²) in [6.07, 6.45) is 51.8. The molecule has 0 fully saturated rings. The van der Waals surface area contributed by atoms with Crippen LogP contribution in [0.3, 0.4) is 0 Å². The van der Waals surface area contributed by atoms with E-state index >= 15 is 0 Å². The summed E-state index contributed by atoms with van der Waals surface area (Å²) in [6.45, 7) is 6.40. The van der Waals surface area contributed by atoms with Crippen LogP contribution in [0.4, 0.5) is 0 Å². The topological polar surface area (TPSA) is 95.9 Å². The lowest BCUT2D eigenvalue weighted by molar-refractivity contribution is -0.150. The van der Waals surface area contributed by atoms with E-state index in [4.69, 9.17) is 4.74 Å². The molecule has 0 rings (SSSR count). The molecule has 56 heavy (non-hydrogen) atoms. The Labute approximate surface area is 346 Å². The number of allylic oxidation sites excluding steroid dienone is 7. The first-order valence-electron chi connectivity index (χ1n) is 23.9. The molecular weight excluding hydrogens is 695 g/mol. The second kappa shape index (κ2) is 43.9. The highest BCUT2D eigenvalue weighted by molar-refractivity contribution is 5.77. The van der Waals surface area contributed by atoms with Crippen molar-refractivity contribution in [1.82, 2.24) is 5.32 Å². The van der Waals surface area contributed by atoms with Crippen molar-refractivity contribution in [2.24, 2.45) is 0 Å². The molecule has 3 N–H and O–H groups in total. The Hall–Kier alpha value is -2.18. The minimum Gasteiger partial charge on any atom is -0.461 e. The Balaban J connectivity index is 4.72. The predicted octanol–water partition coefficient (Wildman–Crippen LogP) is 13.9. The lowest BCUT2D eigenvalue weighted by Crippen LogP contribution is -2.46. The van der Waals surface area contributed by atoms with Crippen molar-refractivity contribution in [3.8, 4) is 0 Å². The van der Waals surface area contributed by atoms with E-state index in [0.29, 0.717) is 19.3 Å². The van der Waals surface area contributed by atoms with E-state index in [1.165, 1.54) is 128 Å². The van der Waals surface area contributed by atoms with Gasteiger partial charge in [-0.1, -0.05) is 217 Å². The first-order chi connectivity index (χ1) is 27.5. The van der Waals surface area contributed by atoms with Gasteiger partial charge in [-0.3, -0.25) is 9.59 Å². The molecule has 3 unspecified atom stereocenters. The van der Waals surface area contributed by atoms with Crippen LogP contribution in [0.25, 0.3) is 0 Å². The molecule has 6 heteroatoms. The molecule has 0 bridgehead atoms. The quantitative estimate of drug-likeness (QED) is 0.0325. The molecule has 0 aromatic heterocycles. The maximum absolute atomic E-state index is 13.1. The standard InChI is InChI=1S/C50H91NO5/c1-4-7-10-13-16-19-22-24-25-26-27-29-32-35-38-41-46(56-50(55)43-40-37-34-31-21-18-15-12-9-6-3)44-49(54)51-47(45-52)48(53)42-39-36-33-30-28-23-20-17-14-11-8-5-2/h16,19,24-25,27,29,35,38,46-48,52-53H,4-15,17-18,20-23,26,28,30-34,36-37,39-45H2,1-3H3,(H,51,54)/b19-16-,25-24-,29-27-,38-35-. The average Bonchev–Trinajstić information content (AvgIpc) is 3.19. The van der Waals surface area contributed by atoms with Crippen LogP contribution in [-0.4, -0.2) is 46.9 Å². The van der Waals surface area contributed by atoms with Gasteiger partial charge in [0, 0.05) is 12.8 Å². The van der Waals surface area contributed by atoms with Gasteiger partial charge in [0.05, 0.1) is 25.2 Å². The molecule has 0 aromatic rings. The van der Waals surface area contributed by atoms with Crippen LogP contribution < -0.4 is 5.32 Å². The highest BCUT2D eigenvalue weighted by Crippen LogP contribution is 2.16. The largest absolute Gasteiger partial charge is 0.461 e. The van der Waals surface area contributed by atoms with Gasteiger partial charge in [0.2, 0.25) is 5.91 Å². The number of carbonyl (C=O) groups is 2. The third-order valence-electron chi connectivity index (χ3n) is 10.7. The van der Waals surface area contributed by atoms with Crippen molar-refractivity contribution in [3.63, 3.8) is 0 Å². The summed E-state index contributed by atoms with van der Waals surface area (Å²) in [5, 5.41) is 23.6. The summed E-state index contributed by atoms with van der Waals surface area (Å²) in [4.78, 5) is 25.9. The Morgan fingerprint density at radius 2 is 0.946 bits per heavy atom. The molecule has 1 amide bonds. The molecule has 0 saturated carbocycles. The molecule has 0 saturated heterocycles. The summed E-state index contributed by atoms with van der Waals surface area (Å²) in [6, 6.07) is -0.727. The maximum Gasteiger partial charge on any atom is 0.306 e. The van der Waals surface area contributed by atoms with Gasteiger partial charge < -0.3 is 20.3 Å². The molecule has 0 aromatic carbocycles. The van der Waals surface area contributed by atoms with Crippen LogP contribution in [0.5, 0.6) is 0 Å². The van der Waals surface area contributed by atoms with Gasteiger partial charge in [-0.2, -0.15) is 0 Å². The van der Waals surface area contributed by atoms with Crippen LogP contribution in [0.15, 0.2) is 48.6 Å². The van der Waals surface area contributed by atoms with E-state index in [1.807, 2.05) is 6.08 Å². The molecule has 3 atom stereocenters. The normalized spacial score (nSPS) is 13.7. The third-order valence-corrected chi connectivity index (χ3v) is 10.7. The molecule has 0 aliphatic rings. The molecule has 0 aliphatic heterocycles. The van der Waals surface area contributed by atoms with Gasteiger partial charge >= 0.3 is 5.97 Å². The molecule has 0 radical (unpaired) electrons. The Bertz CT molecular complexity index is 972. The number of ether oxygens (including phenoxy) is 1. The van der Waals surface area contributed by atoms with Crippen molar-refractivity contribution in [1.29, 1.82) is 0 Å². The first-order valence-corrected chi connectivity index (χ1v) is 23.9. The predicted molar refractivity (Wildman–Crippen MR) is 241 cm³/mol. The van der Waals surface area contributed by atoms with Gasteiger partial charge in [-0.05, 0) is 44.9 Å². The number of aliphatic hydroxyl groups is 2. The Kier molecular flexibility index (Phi) is 42.2. The van der Waals surface area contributed by atoms with E-state index in [9.17, 15) is 19.8 Å². The molecule has 6 nitrogen and oxygen atoms in total. The van der Waals surface area contributed by atoms with Crippen molar-refractivity contribution in [2.45, 2.75) is 251 Å². The molecule has 0 heterocycles. The number of esters is 1. The second-order valence-electron chi connectivity index (χ2n) is 16.2. The molecule has 326 valence electrons. The van der Waals surface area contributed by atoms with Crippen LogP contribution in [-0.2, 0) is 14.3 Å². The number of amides is 1. The van der Waals surface area contributed by atoms with Crippen LogP contribution in [0.2, 0.25) is 0 Å². The highest BCUT2D eigenvalue weighted by Gasteiger charge is 2.23. The number of carbonyl (C=O) groups excluding carboxylic acids is 2. The minimum atomic E-state index is -0.807. The smallest absolute Gasteiger partial charge is 0.306 e. The van der Waals surface area contributed by atoms with Gasteiger partial charge in [0.1, 0.15) is 6.10 Å². The van der Waals surface area contributed by atoms with Crippen molar-refractivity contribution >= 4 is 11.9 Å². The molecule has 0 spiro atoms. The fraction of sp³-hybridized carbons (Fsp3) is 0.800. The maximum atomic E-state index is 13.1. The molecule has 0 aliphatic carbocycles. The van der Waals surface area contributed by atoms with Crippen LogP contribution in [0, 0.1) is 0 Å². The zero-order chi connectivity index (χ0) is 41.0. The summed E-state index contributed by atoms with van der Waals surface area (Å²) >= 11 is 0. The van der Waals surface area contributed by atoms with Crippen molar-refractivity contribution < 1.29 is 24.5 Å². The van der Waals surface area contributed by atoms with Crippen molar-refractivity contribution in [2.75, 3.05) is 6.61 Å². The van der Waals surface area contributed by atoms with Crippen molar-refractivity contribution in [3.05, 3.63) is 48.6 Å². The fourth-order valence-electron chi connectivity index (χ4n) is 7.00. The van der Waals surface area contributed by atoms with E-state index in [-0.39, 0.29) is 24.9 Å². The van der Waals surface area contributed by atoms with Gasteiger partial charge in [0.25, 0.3) is 0 Å². The van der Waals surface area contributed by atoms with Gasteiger partial charge in [-0.15, -0.1) is 0 Å². The first kappa shape index (κ1) is 53.8. The van der Waals surface area contributed by atoms with E-state index < -0.39 is 18.2 Å². The van der Waals surface area contributed by atoms with Crippen LogP contribution >= 0.6 is 0 Å². The monoisotopic (exact) mass is 786 g/mol. The number of nitrogens with one attached hydrogen (secondary N) is 1. The Morgan fingerprint density at radius 1 is 0.536 bits per heavy atom. The summed E-state index contributed by atoms with van der Waals surface area (Å²) in [7, 11) is 0. The summed E-state index contributed by atoms with van der Waals surface area (Å²) in [5.41, 5.74) is 0. The highest BCUT2D eigenvalue weighted by atomic mass is 16.5. The zero-order valence-electron chi connectivity index (χ0n) is 37.0. The number of hydrogen-bond acceptors (Lipinski definition) is 5. The van der Waals surface area contributed by atoms with Gasteiger partial charge in [0.15, 0.2) is 0 Å². The fourth-order valence-corrected chi connectivity index (χ4v) is 7.00. The minimum absolute atomic E-state index is 0.00359. The van der Waals surface area contributed by atoms with E-state index in [2.05, 4.69) is 68.6 Å². The lowest BCUT2D eigenvalue weighted by atomic mass is 10.0. The summed E-state index contributed by atoms with van der Waals surface area (Å²) in [5.74, 6) is -0.575. The SMILES string of the molecule is CCCCC/C=C\C/C=C\C/C=C\C/C=C\CC(CC(=O)NC(CO)C(O)CCCCCCCCCCCCCC)OC(=O)CCCCCCCCCCCC. The summed E-state index contributed by atoms with van der Waals surface area (Å²) < 4.78 is 5.84. The number of aliphatic hydroxyl groups excluding tert-OH is 2. The second-order valence-corrected chi connectivity index (χ2v) is 16.2. The Morgan fingerprint density at radius 3 is 1.43 bits per heavy atom.